The highest BCUT2D eigenvalue weighted by molar-refractivity contribution is 5.77. The van der Waals surface area contributed by atoms with Crippen LogP contribution >= 0.6 is 0 Å². The van der Waals surface area contributed by atoms with Crippen LogP contribution in [0, 0.1) is 11.3 Å². The summed E-state index contributed by atoms with van der Waals surface area (Å²) < 4.78 is 0. The maximum absolute atomic E-state index is 7.66. The summed E-state index contributed by atoms with van der Waals surface area (Å²) in [5, 5.41) is 7.66. The van der Waals surface area contributed by atoms with Gasteiger partial charge in [-0.1, -0.05) is 60.7 Å². The Morgan fingerprint density at radius 2 is 1.38 bits per heavy atom. The summed E-state index contributed by atoms with van der Waals surface area (Å²) in [6, 6.07) is 17.5. The zero-order valence-electron chi connectivity index (χ0n) is 13.8. The molecule has 0 aromatic heterocycles. The molecule has 4 rings (SSSR count). The number of rotatable bonds is 1. The van der Waals surface area contributed by atoms with Crippen molar-refractivity contribution < 1.29 is 0 Å². The van der Waals surface area contributed by atoms with Crippen LogP contribution in [0.4, 0.5) is 0 Å². The summed E-state index contributed by atoms with van der Waals surface area (Å²) in [6.45, 7) is 1.77. The fourth-order valence-corrected chi connectivity index (χ4v) is 4.22. The summed E-state index contributed by atoms with van der Waals surface area (Å²) >= 11 is 0. The normalized spacial score (nSPS) is 17.9. The molecular formula is C21H23N3. The first-order chi connectivity index (χ1) is 11.7. The number of piperidine rings is 1. The number of fused-ring (bicyclic) bond motifs is 2. The molecule has 0 radical (unpaired) electrons. The molecule has 0 unspecified atom stereocenters. The van der Waals surface area contributed by atoms with E-state index in [2.05, 4.69) is 60.7 Å². The second kappa shape index (κ2) is 6.16. The molecule has 1 saturated heterocycles. The second-order valence-corrected chi connectivity index (χ2v) is 6.78. The molecule has 0 amide bonds. The van der Waals surface area contributed by atoms with E-state index in [1.54, 1.807) is 0 Å². The topological polar surface area (TPSA) is 53.1 Å². The lowest BCUT2D eigenvalue weighted by Crippen LogP contribution is -2.43. The van der Waals surface area contributed by atoms with E-state index in [1.165, 1.54) is 22.3 Å². The molecular weight excluding hydrogens is 294 g/mol. The van der Waals surface area contributed by atoms with Gasteiger partial charge in [-0.2, -0.15) is 0 Å². The van der Waals surface area contributed by atoms with Crippen LogP contribution in [0.2, 0.25) is 0 Å². The number of nitrogens with two attached hydrogens (primary N) is 1. The molecule has 3 nitrogen and oxygen atoms in total. The Hall–Kier alpha value is -2.55. The van der Waals surface area contributed by atoms with Crippen molar-refractivity contribution in [2.45, 2.75) is 18.8 Å². The Balaban J connectivity index is 1.74. The molecule has 2 aromatic rings. The third-order valence-corrected chi connectivity index (χ3v) is 5.46. The van der Waals surface area contributed by atoms with Crippen molar-refractivity contribution in [3.63, 3.8) is 0 Å². The lowest BCUT2D eigenvalue weighted by atomic mass is 9.74. The fourth-order valence-electron chi connectivity index (χ4n) is 4.22. The molecule has 1 heterocycles. The molecule has 1 aliphatic carbocycles. The minimum atomic E-state index is 0.205. The molecule has 2 aliphatic rings. The molecule has 2 aromatic carbocycles. The van der Waals surface area contributed by atoms with E-state index in [0.29, 0.717) is 11.8 Å². The smallest absolute Gasteiger partial charge is 0.188 e. The van der Waals surface area contributed by atoms with Gasteiger partial charge in [0.05, 0.1) is 0 Å². The SMILES string of the molecule is N=C(N)N1CCC(C2c3ccccc3C=Cc3ccccc32)CC1. The average molecular weight is 317 g/mol. The van der Waals surface area contributed by atoms with Crippen molar-refractivity contribution in [1.29, 1.82) is 5.41 Å². The van der Waals surface area contributed by atoms with Gasteiger partial charge < -0.3 is 10.6 Å². The largest absolute Gasteiger partial charge is 0.370 e. The zero-order chi connectivity index (χ0) is 16.5. The van der Waals surface area contributed by atoms with Crippen LogP contribution in [0.1, 0.15) is 41.0 Å². The molecule has 0 saturated carbocycles. The Morgan fingerprint density at radius 1 is 0.875 bits per heavy atom. The maximum Gasteiger partial charge on any atom is 0.188 e. The number of nitrogens with zero attached hydrogens (tertiary/aromatic N) is 1. The molecule has 3 heteroatoms. The molecule has 0 bridgehead atoms. The van der Waals surface area contributed by atoms with Crippen LogP contribution in [0.15, 0.2) is 48.5 Å². The summed E-state index contributed by atoms with van der Waals surface area (Å²) in [7, 11) is 0. The van der Waals surface area contributed by atoms with Crippen LogP contribution in [0.3, 0.4) is 0 Å². The average Bonchev–Trinajstić information content (AvgIpc) is 2.79. The van der Waals surface area contributed by atoms with Gasteiger partial charge in [-0.3, -0.25) is 5.41 Å². The summed E-state index contributed by atoms with van der Waals surface area (Å²) in [4.78, 5) is 1.99. The third-order valence-electron chi connectivity index (χ3n) is 5.46. The monoisotopic (exact) mass is 317 g/mol. The Labute approximate surface area is 143 Å². The van der Waals surface area contributed by atoms with Crippen LogP contribution in [-0.2, 0) is 0 Å². The zero-order valence-corrected chi connectivity index (χ0v) is 13.8. The lowest BCUT2D eigenvalue weighted by molar-refractivity contribution is 0.246. The first-order valence-corrected chi connectivity index (χ1v) is 8.69. The molecule has 0 atom stereocenters. The third kappa shape index (κ3) is 2.60. The van der Waals surface area contributed by atoms with Gasteiger partial charge in [0.15, 0.2) is 5.96 Å². The van der Waals surface area contributed by atoms with E-state index in [1.807, 2.05) is 4.90 Å². The van der Waals surface area contributed by atoms with Gasteiger partial charge in [-0.15, -0.1) is 0 Å². The summed E-state index contributed by atoms with van der Waals surface area (Å²) in [5.41, 5.74) is 11.2. The Kier molecular flexibility index (Phi) is 3.85. The molecule has 122 valence electrons. The predicted octanol–water partition coefficient (Wildman–Crippen LogP) is 3.91. The number of hydrogen-bond donors (Lipinski definition) is 2. The minimum Gasteiger partial charge on any atom is -0.370 e. The fraction of sp³-hybridized carbons (Fsp3) is 0.286. The van der Waals surface area contributed by atoms with Crippen LogP contribution in [-0.4, -0.2) is 23.9 Å². The van der Waals surface area contributed by atoms with Crippen LogP contribution in [0.25, 0.3) is 12.2 Å². The van der Waals surface area contributed by atoms with Crippen molar-refractivity contribution in [3.8, 4) is 0 Å². The quantitative estimate of drug-likeness (QED) is 0.619. The number of benzene rings is 2. The molecule has 0 spiro atoms. The summed E-state index contributed by atoms with van der Waals surface area (Å²) in [6.07, 6.45) is 6.65. The van der Waals surface area contributed by atoms with Crippen molar-refractivity contribution in [1.82, 2.24) is 4.90 Å². The van der Waals surface area contributed by atoms with E-state index in [9.17, 15) is 0 Å². The Morgan fingerprint density at radius 3 is 1.88 bits per heavy atom. The molecule has 1 aliphatic heterocycles. The first kappa shape index (κ1) is 15.0. The van der Waals surface area contributed by atoms with Crippen LogP contribution < -0.4 is 5.73 Å². The van der Waals surface area contributed by atoms with Crippen molar-refractivity contribution >= 4 is 18.1 Å². The molecule has 3 N–H and O–H groups in total. The van der Waals surface area contributed by atoms with Crippen molar-refractivity contribution in [2.24, 2.45) is 11.7 Å². The van der Waals surface area contributed by atoms with Crippen molar-refractivity contribution in [2.75, 3.05) is 13.1 Å². The number of guanidine groups is 1. The summed E-state index contributed by atoms with van der Waals surface area (Å²) in [5.74, 6) is 1.21. The van der Waals surface area contributed by atoms with Crippen molar-refractivity contribution in [3.05, 3.63) is 70.8 Å². The molecule has 1 fully saturated rings. The number of nitrogens with one attached hydrogen (secondary N) is 1. The first-order valence-electron chi connectivity index (χ1n) is 8.69. The maximum atomic E-state index is 7.66. The van der Waals surface area contributed by atoms with E-state index >= 15 is 0 Å². The standard InChI is InChI=1S/C21H23N3/c22-21(23)24-13-11-17(12-14-24)20-18-7-3-1-5-15(18)9-10-16-6-2-4-8-19(16)20/h1-10,17,20H,11-14H2,(H3,22,23). The number of hydrogen-bond acceptors (Lipinski definition) is 1. The number of likely N-dealkylation sites (tertiary alicyclic amines) is 1. The van der Waals surface area contributed by atoms with Crippen LogP contribution in [0.5, 0.6) is 0 Å². The Bertz CT molecular complexity index is 736. The van der Waals surface area contributed by atoms with E-state index in [-0.39, 0.29) is 5.96 Å². The lowest BCUT2D eigenvalue weighted by Gasteiger charge is -2.37. The van der Waals surface area contributed by atoms with Gasteiger partial charge in [0.25, 0.3) is 0 Å². The highest BCUT2D eigenvalue weighted by Gasteiger charge is 2.32. The van der Waals surface area contributed by atoms with Gasteiger partial charge >= 0.3 is 0 Å². The van der Waals surface area contributed by atoms with Gasteiger partial charge in [0, 0.05) is 19.0 Å². The van der Waals surface area contributed by atoms with E-state index in [4.69, 9.17) is 11.1 Å². The van der Waals surface area contributed by atoms with Gasteiger partial charge in [-0.05, 0) is 41.0 Å². The van der Waals surface area contributed by atoms with Gasteiger partial charge in [0.2, 0.25) is 0 Å². The highest BCUT2D eigenvalue weighted by Crippen LogP contribution is 2.42. The minimum absolute atomic E-state index is 0.205. The van der Waals surface area contributed by atoms with E-state index < -0.39 is 0 Å². The van der Waals surface area contributed by atoms with Gasteiger partial charge in [-0.25, -0.2) is 0 Å². The van der Waals surface area contributed by atoms with Gasteiger partial charge in [0.1, 0.15) is 0 Å². The van der Waals surface area contributed by atoms with E-state index in [0.717, 1.165) is 25.9 Å². The highest BCUT2D eigenvalue weighted by atomic mass is 15.2. The molecule has 24 heavy (non-hydrogen) atoms. The predicted molar refractivity (Wildman–Crippen MR) is 99.9 cm³/mol. The second-order valence-electron chi connectivity index (χ2n) is 6.78.